The molecule has 0 aliphatic carbocycles. The Balaban J connectivity index is 2.13. The first-order valence-electron chi connectivity index (χ1n) is 6.48. The molecule has 2 nitrogen and oxygen atoms in total. The number of hydrogen-bond acceptors (Lipinski definition) is 2. The van der Waals surface area contributed by atoms with Gasteiger partial charge in [0.2, 0.25) is 0 Å². The van der Waals surface area contributed by atoms with Crippen molar-refractivity contribution in [3.8, 4) is 0 Å². The van der Waals surface area contributed by atoms with Gasteiger partial charge in [-0.25, -0.2) is 0 Å². The van der Waals surface area contributed by atoms with Crippen molar-refractivity contribution in [2.75, 3.05) is 5.73 Å². The van der Waals surface area contributed by atoms with E-state index in [2.05, 4.69) is 37.0 Å². The first-order valence-corrected chi connectivity index (χ1v) is 6.48. The number of aryl methyl sites for hydroxylation is 1. The molecule has 2 aromatic rings. The average Bonchev–Trinajstić information content (AvgIpc) is 2.39. The molecule has 1 heterocycles. The maximum Gasteiger partial charge on any atom is 0.0412 e. The van der Waals surface area contributed by atoms with Crippen molar-refractivity contribution in [1.82, 2.24) is 4.98 Å². The van der Waals surface area contributed by atoms with Crippen molar-refractivity contribution in [3.63, 3.8) is 0 Å². The molecule has 2 heteroatoms. The number of anilines is 1. The van der Waals surface area contributed by atoms with E-state index >= 15 is 0 Å². The second kappa shape index (κ2) is 5.67. The Kier molecular flexibility index (Phi) is 3.98. The van der Waals surface area contributed by atoms with Gasteiger partial charge in [-0.3, -0.25) is 4.98 Å². The van der Waals surface area contributed by atoms with Gasteiger partial charge in [-0.05, 0) is 54.2 Å². The number of nitrogens with zero attached hydrogens (tertiary/aromatic N) is 1. The summed E-state index contributed by atoms with van der Waals surface area (Å²) in [6.07, 6.45) is 3.92. The predicted octanol–water partition coefficient (Wildman–Crippen LogP) is 3.57. The summed E-state index contributed by atoms with van der Waals surface area (Å²) in [5.41, 5.74) is 10.4. The van der Waals surface area contributed by atoms with Crippen molar-refractivity contribution in [1.29, 1.82) is 0 Å². The van der Waals surface area contributed by atoms with Gasteiger partial charge < -0.3 is 5.73 Å². The van der Waals surface area contributed by atoms with E-state index < -0.39 is 0 Å². The summed E-state index contributed by atoms with van der Waals surface area (Å²) < 4.78 is 0. The Morgan fingerprint density at radius 3 is 2.78 bits per heavy atom. The molecule has 0 fully saturated rings. The predicted molar refractivity (Wildman–Crippen MR) is 76.6 cm³/mol. The molecule has 1 aromatic heterocycles. The topological polar surface area (TPSA) is 38.9 Å². The Hall–Kier alpha value is -1.83. The van der Waals surface area contributed by atoms with E-state index in [1.165, 1.54) is 11.1 Å². The Morgan fingerprint density at radius 2 is 2.06 bits per heavy atom. The van der Waals surface area contributed by atoms with Gasteiger partial charge in [0.05, 0.1) is 0 Å². The Morgan fingerprint density at radius 1 is 1.22 bits per heavy atom. The lowest BCUT2D eigenvalue weighted by atomic mass is 9.95. The molecule has 0 spiro atoms. The SMILES string of the molecule is CCc1ccnc(CC(C)c2cccc(N)c2)c1. The second-order valence-electron chi connectivity index (χ2n) is 4.78. The third-order valence-electron chi connectivity index (χ3n) is 3.28. The van der Waals surface area contributed by atoms with Crippen molar-refractivity contribution >= 4 is 5.69 Å². The standard InChI is InChI=1S/C16H20N2/c1-3-13-7-8-18-16(10-13)9-12(2)14-5-4-6-15(17)11-14/h4-8,10-12H,3,9,17H2,1-2H3. The fourth-order valence-corrected chi connectivity index (χ4v) is 2.16. The van der Waals surface area contributed by atoms with E-state index in [0.29, 0.717) is 5.92 Å². The smallest absolute Gasteiger partial charge is 0.0412 e. The minimum Gasteiger partial charge on any atom is -0.399 e. The van der Waals surface area contributed by atoms with Crippen LogP contribution in [0.15, 0.2) is 42.6 Å². The summed E-state index contributed by atoms with van der Waals surface area (Å²) >= 11 is 0. The summed E-state index contributed by atoms with van der Waals surface area (Å²) in [6.45, 7) is 4.38. The van der Waals surface area contributed by atoms with Gasteiger partial charge in [-0.1, -0.05) is 26.0 Å². The van der Waals surface area contributed by atoms with Gasteiger partial charge in [0, 0.05) is 17.6 Å². The zero-order valence-electron chi connectivity index (χ0n) is 11.1. The van der Waals surface area contributed by atoms with Crippen LogP contribution in [0.25, 0.3) is 0 Å². The van der Waals surface area contributed by atoms with Gasteiger partial charge in [0.25, 0.3) is 0 Å². The number of rotatable bonds is 4. The van der Waals surface area contributed by atoms with Crippen LogP contribution >= 0.6 is 0 Å². The van der Waals surface area contributed by atoms with Gasteiger partial charge in [0.15, 0.2) is 0 Å². The van der Waals surface area contributed by atoms with E-state index in [9.17, 15) is 0 Å². The number of nitrogen functional groups attached to an aromatic ring is 1. The van der Waals surface area contributed by atoms with Crippen LogP contribution < -0.4 is 5.73 Å². The van der Waals surface area contributed by atoms with Crippen LogP contribution in [0.2, 0.25) is 0 Å². The molecule has 1 atom stereocenters. The highest BCUT2D eigenvalue weighted by molar-refractivity contribution is 5.42. The second-order valence-corrected chi connectivity index (χ2v) is 4.78. The number of hydrogen-bond donors (Lipinski definition) is 1. The molecular weight excluding hydrogens is 220 g/mol. The van der Waals surface area contributed by atoms with Crippen molar-refractivity contribution < 1.29 is 0 Å². The molecule has 0 aliphatic rings. The lowest BCUT2D eigenvalue weighted by Gasteiger charge is -2.12. The first kappa shape index (κ1) is 12.6. The number of aromatic nitrogens is 1. The lowest BCUT2D eigenvalue weighted by molar-refractivity contribution is 0.739. The summed E-state index contributed by atoms with van der Waals surface area (Å²) in [4.78, 5) is 4.44. The summed E-state index contributed by atoms with van der Waals surface area (Å²) in [6, 6.07) is 12.4. The molecule has 2 N–H and O–H groups in total. The monoisotopic (exact) mass is 240 g/mol. The molecule has 0 radical (unpaired) electrons. The third-order valence-corrected chi connectivity index (χ3v) is 3.28. The van der Waals surface area contributed by atoms with E-state index in [1.54, 1.807) is 0 Å². The Bertz CT molecular complexity index is 520. The number of benzene rings is 1. The van der Waals surface area contributed by atoms with Crippen LogP contribution in [-0.2, 0) is 12.8 Å². The molecule has 0 bridgehead atoms. The number of pyridine rings is 1. The highest BCUT2D eigenvalue weighted by Gasteiger charge is 2.08. The van der Waals surface area contributed by atoms with Crippen LogP contribution in [-0.4, -0.2) is 4.98 Å². The van der Waals surface area contributed by atoms with Crippen LogP contribution in [0.3, 0.4) is 0 Å². The third kappa shape index (κ3) is 3.10. The number of nitrogens with two attached hydrogens (primary N) is 1. The van der Waals surface area contributed by atoms with Crippen molar-refractivity contribution in [2.45, 2.75) is 32.6 Å². The quantitative estimate of drug-likeness (QED) is 0.830. The van der Waals surface area contributed by atoms with Crippen LogP contribution in [0.5, 0.6) is 0 Å². The van der Waals surface area contributed by atoms with E-state index in [4.69, 9.17) is 5.73 Å². The maximum absolute atomic E-state index is 5.82. The highest BCUT2D eigenvalue weighted by atomic mass is 14.7. The fourth-order valence-electron chi connectivity index (χ4n) is 2.16. The van der Waals surface area contributed by atoms with Crippen molar-refractivity contribution in [3.05, 3.63) is 59.4 Å². The summed E-state index contributed by atoms with van der Waals surface area (Å²) in [5.74, 6) is 0.438. The van der Waals surface area contributed by atoms with Crippen LogP contribution in [0, 0.1) is 0 Å². The van der Waals surface area contributed by atoms with Gasteiger partial charge in [-0.2, -0.15) is 0 Å². The summed E-state index contributed by atoms with van der Waals surface area (Å²) in [7, 11) is 0. The molecule has 0 amide bonds. The zero-order chi connectivity index (χ0) is 13.0. The molecule has 1 unspecified atom stereocenters. The molecule has 18 heavy (non-hydrogen) atoms. The largest absolute Gasteiger partial charge is 0.399 e. The zero-order valence-corrected chi connectivity index (χ0v) is 11.1. The minimum absolute atomic E-state index is 0.438. The van der Waals surface area contributed by atoms with Crippen molar-refractivity contribution in [2.24, 2.45) is 0 Å². The van der Waals surface area contributed by atoms with Crippen LogP contribution in [0.4, 0.5) is 5.69 Å². The minimum atomic E-state index is 0.438. The first-order chi connectivity index (χ1) is 8.69. The van der Waals surface area contributed by atoms with E-state index in [-0.39, 0.29) is 0 Å². The Labute approximate surface area is 109 Å². The van der Waals surface area contributed by atoms with E-state index in [1.807, 2.05) is 24.4 Å². The van der Waals surface area contributed by atoms with Gasteiger partial charge >= 0.3 is 0 Å². The lowest BCUT2D eigenvalue weighted by Crippen LogP contribution is -2.01. The molecular formula is C16H20N2. The molecule has 2 rings (SSSR count). The molecule has 1 aromatic carbocycles. The molecule has 0 saturated carbocycles. The maximum atomic E-state index is 5.82. The van der Waals surface area contributed by atoms with Gasteiger partial charge in [-0.15, -0.1) is 0 Å². The van der Waals surface area contributed by atoms with Gasteiger partial charge in [0.1, 0.15) is 0 Å². The van der Waals surface area contributed by atoms with Crippen LogP contribution in [0.1, 0.15) is 36.6 Å². The average molecular weight is 240 g/mol. The summed E-state index contributed by atoms with van der Waals surface area (Å²) in [5, 5.41) is 0. The normalized spacial score (nSPS) is 12.3. The molecule has 0 aliphatic heterocycles. The molecule has 94 valence electrons. The fraction of sp³-hybridized carbons (Fsp3) is 0.312. The van der Waals surface area contributed by atoms with E-state index in [0.717, 1.165) is 24.2 Å². The molecule has 0 saturated heterocycles. The highest BCUT2D eigenvalue weighted by Crippen LogP contribution is 2.21.